The third kappa shape index (κ3) is 56.0. The molecular weight excluding hydrogens is 10300 g/mol. The number of ketones is 1. The molecule has 0 N–H and O–H groups in total. The monoisotopic (exact) mass is 10300 g/mol. The molecule has 2 amide bonds. The Morgan fingerprint density at radius 1 is 0.338 bits per heavy atom. The van der Waals surface area contributed by atoms with Crippen molar-refractivity contribution in [3.63, 3.8) is 0 Å². The Bertz CT molecular complexity index is 4280. The van der Waals surface area contributed by atoms with E-state index < -0.39 is 284 Å². The number of carbonyl (C=O) groups excluding carboxylic acids is 3. The predicted molar refractivity (Wildman–Crippen MR) is 1260 cm³/mol. The van der Waals surface area contributed by atoms with Crippen LogP contribution in [0.4, 0.5) is 0 Å². The second kappa shape index (κ2) is 93.2. The minimum absolute atomic E-state index is 0. The first-order chi connectivity index (χ1) is 59.2. The summed E-state index contributed by atoms with van der Waals surface area (Å²) in [7, 11) is -20.9. The molecule has 3 aromatic heterocycles. The van der Waals surface area contributed by atoms with Crippen molar-refractivity contribution >= 4 is 1070 Å². The average Bonchev–Trinajstić information content (AvgIpc) is 1.62. The molecular formula is C40H44BrCl4I74N7O4. The molecule has 816 valence electrons. The molecule has 4 aliphatic rings. The van der Waals surface area contributed by atoms with Crippen LogP contribution >= 0.6 is 1050 Å². The van der Waals surface area contributed by atoms with E-state index in [4.69, 9.17) is 55.9 Å². The van der Waals surface area contributed by atoms with Gasteiger partial charge in [-0.3, -0.25) is 23.7 Å². The van der Waals surface area contributed by atoms with Crippen LogP contribution in [-0.2, 0) is 45.4 Å². The number of nitrogens with zero attached hydrogens (tertiary/aromatic N) is 7. The minimum Gasteiger partial charge on any atom is -0.448 e. The number of oxazole rings is 1. The van der Waals surface area contributed by atoms with Crippen LogP contribution in [0.25, 0.3) is 11.4 Å². The molecule has 0 fully saturated rings. The molecule has 0 saturated heterocycles. The van der Waals surface area contributed by atoms with Crippen molar-refractivity contribution in [2.45, 2.75) is 91.8 Å². The maximum atomic E-state index is 13.0. The molecule has 1 atom stereocenters. The van der Waals surface area contributed by atoms with E-state index in [2.05, 4.69) is 733 Å². The van der Waals surface area contributed by atoms with Crippen LogP contribution < -0.4 is 0 Å². The number of hydrogen-bond acceptors (Lipinski definition) is 7. The first-order valence-corrected chi connectivity index (χ1v) is 489. The van der Waals surface area contributed by atoms with E-state index in [1.807, 2.05) is 14.3 Å². The fourth-order valence-corrected chi connectivity index (χ4v) is 14300. The number of carbonyl (C=O) groups is 3. The largest absolute Gasteiger partial charge is 0.448 e. The molecule has 4 aliphatic heterocycles. The third-order valence-electron chi connectivity index (χ3n) is 13.0. The Hall–Kier alpha value is 50.3. The molecule has 1 unspecified atom stereocenters. The predicted octanol–water partition coefficient (Wildman–Crippen LogP) is 75.6. The molecule has 0 saturated carbocycles. The van der Waals surface area contributed by atoms with E-state index >= 15 is 0 Å². The summed E-state index contributed by atoms with van der Waals surface area (Å²) < 4.78 is 9.40. The number of alkyl halides is 1. The third-order valence-corrected chi connectivity index (χ3v) is 5800. The normalized spacial score (nSPS) is 18.1. The van der Waals surface area contributed by atoms with Gasteiger partial charge in [-0.05, 0) is 55.7 Å². The molecule has 0 radical (unpaired) electrons. The van der Waals surface area contributed by atoms with Crippen LogP contribution in [0.5, 0.6) is 0 Å². The first kappa shape index (κ1) is 173. The topological polar surface area (TPSA) is 119 Å². The first-order valence-electron chi connectivity index (χ1n) is 27.8. The van der Waals surface area contributed by atoms with Gasteiger partial charge in [-0.1, -0.05) is 84.6 Å². The maximum absolute atomic E-state index is 13.0. The molecule has 0 spiro atoms. The molecule has 0 bridgehead atoms. The Morgan fingerprint density at radius 2 is 0.585 bits per heavy atom. The summed E-state index contributed by atoms with van der Waals surface area (Å²) in [6.07, 6.45) is 6.35. The zero-order chi connectivity index (χ0) is 95.7. The fraction of sp³-hybridized carbons (Fsp3) is 0.400. The van der Waals surface area contributed by atoms with Crippen molar-refractivity contribution in [1.82, 2.24) is 34.3 Å². The van der Waals surface area contributed by atoms with Crippen molar-refractivity contribution in [2.75, 3.05) is 13.1 Å². The Kier molecular flexibility index (Phi) is 124. The number of aryl methyl sites for hydroxylation is 3. The van der Waals surface area contributed by atoms with Crippen molar-refractivity contribution in [1.29, 1.82) is 0 Å². The van der Waals surface area contributed by atoms with Crippen LogP contribution in [0, 0.1) is 0 Å². The van der Waals surface area contributed by atoms with Gasteiger partial charge in [0.25, 0.3) is 11.8 Å². The summed E-state index contributed by atoms with van der Waals surface area (Å²) in [5.74, 6) is 0.767. The molecule has 130 heavy (non-hydrogen) atoms. The second-order valence-corrected chi connectivity index (χ2v) is 1780. The van der Waals surface area contributed by atoms with E-state index in [0.717, 1.165) is 84.9 Å². The van der Waals surface area contributed by atoms with E-state index in [1.54, 1.807) is 41.3 Å². The molecule has 7 heterocycles. The molecule has 0 aliphatic carbocycles. The van der Waals surface area contributed by atoms with E-state index in [1.165, 1.54) is 6.39 Å². The van der Waals surface area contributed by atoms with E-state index in [0.29, 0.717) is 69.5 Å². The summed E-state index contributed by atoms with van der Waals surface area (Å²) in [6, 6.07) is 9.86. The Morgan fingerprint density at radius 3 is 0.846 bits per heavy atom. The van der Waals surface area contributed by atoms with Gasteiger partial charge in [-0.2, -0.15) is 10.2 Å². The van der Waals surface area contributed by atoms with Gasteiger partial charge >= 0.3 is 992 Å². The number of fused-ring (bicyclic) bond motifs is 8. The molecule has 11 nitrogen and oxygen atoms in total. The Labute approximate surface area is 1280 Å². The van der Waals surface area contributed by atoms with Gasteiger partial charge in [-0.25, -0.2) is 4.98 Å². The van der Waals surface area contributed by atoms with Gasteiger partial charge in [0.1, 0.15) is 17.1 Å². The van der Waals surface area contributed by atoms with Crippen LogP contribution in [0.2, 0.25) is 20.1 Å². The number of hydrogen-bond donors (Lipinski definition) is 0. The zero-order valence-electron chi connectivity index (χ0n) is 56.2. The Balaban J connectivity index is 0.000000501. The van der Waals surface area contributed by atoms with Crippen LogP contribution in [-0.4, -0.2) is 69.9 Å². The van der Waals surface area contributed by atoms with Gasteiger partial charge in [0.2, 0.25) is 0 Å². The summed E-state index contributed by atoms with van der Waals surface area (Å²) in [4.78, 5) is 46.4. The van der Waals surface area contributed by atoms with Gasteiger partial charge in [0.05, 0.1) is 55.1 Å². The van der Waals surface area contributed by atoms with Crippen LogP contribution in [0.15, 0.2) is 47.2 Å². The molecule has 2 aromatic carbocycles. The number of rotatable bonds is 37. The summed E-state index contributed by atoms with van der Waals surface area (Å²) >= 11 is 154. The minimum atomic E-state index is -0.629. The summed E-state index contributed by atoms with van der Waals surface area (Å²) in [5, 5.41) is 11.0. The average molecular weight is 10300 g/mol. The van der Waals surface area contributed by atoms with Gasteiger partial charge in [-0.15, -0.1) is 0 Å². The fourth-order valence-electron chi connectivity index (χ4n) is 8.47. The van der Waals surface area contributed by atoms with Crippen molar-refractivity contribution in [3.05, 3.63) is 108 Å². The van der Waals surface area contributed by atoms with E-state index in [9.17, 15) is 14.4 Å². The number of halogens is 79. The zero-order valence-corrected chi connectivity index (χ0v) is 220. The van der Waals surface area contributed by atoms with Crippen molar-refractivity contribution in [2.24, 2.45) is 0 Å². The van der Waals surface area contributed by atoms with Crippen molar-refractivity contribution in [3.8, 4) is 11.4 Å². The number of amides is 2. The molecule has 90 heteroatoms. The molecule has 9 rings (SSSR count). The second-order valence-electron chi connectivity index (χ2n) is 19.2. The van der Waals surface area contributed by atoms with Crippen LogP contribution in [0.1, 0.15) is 101 Å². The van der Waals surface area contributed by atoms with Crippen LogP contribution in [0.3, 0.4) is 0 Å². The van der Waals surface area contributed by atoms with Gasteiger partial charge in [0, 0.05) is 67.7 Å². The number of Topliss-reactive ketones (excluding diaryl/α,β-unsaturated/α-hetero) is 1. The quantitative estimate of drug-likeness (QED) is 0.0287. The molecule has 5 aromatic rings. The maximum Gasteiger partial charge on any atom is 0.254 e. The number of benzene rings is 2. The van der Waals surface area contributed by atoms with Crippen molar-refractivity contribution < 1.29 is 18.8 Å². The summed E-state index contributed by atoms with van der Waals surface area (Å²) in [6.45, 7) is 3.62. The van der Waals surface area contributed by atoms with Gasteiger partial charge < -0.3 is 14.2 Å². The smallest absolute Gasteiger partial charge is 0.254 e. The van der Waals surface area contributed by atoms with E-state index in [-0.39, 0.29) is 44.7 Å². The number of aromatic nitrogens is 5. The summed E-state index contributed by atoms with van der Waals surface area (Å²) in [5.41, 5.74) is 7.41. The standard InChI is InChI=1S/C19H16Cl2N4O2.C18H16BrCl2N3O2.3CH4.I74/c20-13-4-3-11(8-14(13)21)19(26)24-7-5-15-12(9-24)18-17-16(27-10-22-17)2-1-6-25(18)23-15;19-12-2-1-6-24-16(17(12)25)11-9-23(7-5-15(11)22-24)18(26)10-3-4-13(20)14(21)8-10;;;;1-39(2)41(5)43(7)45(9)47(11)49(13)51(15)53(17)55(19)57(21)59(23)61(25)63(27)65(29)67(31)69(33)71(35)73(37)74(38)72(36)70(34)68(32)66(30)64(28)62(26)60(24)58(22)56(20)54(18)52(16)50(14)48(12)46(10)44(8)42(6)40(3)4/h3-4,8,10H,1-2,5-7,9H2;3-4,8,12H,1-2,5-7,9H2;3*1H4;. The van der Waals surface area contributed by atoms with Gasteiger partial charge in [0.15, 0.2) is 12.2 Å². The SMILES string of the molecule is C.C.C.II(I)I(I)I(I)I(I)I(I)I(I)I(I)I(I)I(I)I(I)I(I)I(I)I(I)I(I)I(I)I(I)I(I)I(I)I(I)I(I)I(I)I(I)I(I)I(I)I(I)I(I)I(I)I(I)I(I)I(I)I(I)I(I)I(I)I(I)I(I)I(I)I.O=C(c1ccc(Cl)c(Cl)c1)N1CCc2nn3c(c2C1)-c1ncoc1CCC3.O=C1c2c3c(nn2CCCC1Br)CCN(C(=O)c1ccc(Cl)c(Cl)c1)C3.